The van der Waals surface area contributed by atoms with E-state index in [1.165, 1.54) is 25.1 Å². The number of ketones is 1. The quantitative estimate of drug-likeness (QED) is 0.278. The average Bonchev–Trinajstić information content (AvgIpc) is 2.93. The number of halogens is 2. The zero-order valence-electron chi connectivity index (χ0n) is 23.5. The van der Waals surface area contributed by atoms with Gasteiger partial charge >= 0.3 is 0 Å². The number of nitrogens with zero attached hydrogens (tertiary/aromatic N) is 4. The van der Waals surface area contributed by atoms with Gasteiger partial charge in [0.2, 0.25) is 5.95 Å². The Labute approximate surface area is 241 Å². The normalized spacial score (nSPS) is 17.3. The Kier molecular flexibility index (Phi) is 8.57. The first kappa shape index (κ1) is 28.3. The van der Waals surface area contributed by atoms with E-state index in [2.05, 4.69) is 37.4 Å². The highest BCUT2D eigenvalue weighted by molar-refractivity contribution is 6.33. The SMILES string of the molecule is CC(C)CC(=O)c1ccccc1Nc1nc(Nc2ccc(N3CCC4(CCN(C)CC4)CC3)c(F)c2)ncc1Cl. The Morgan fingerprint density at radius 2 is 1.75 bits per heavy atom. The van der Waals surface area contributed by atoms with Crippen LogP contribution in [0.5, 0.6) is 0 Å². The molecule has 0 aliphatic carbocycles. The van der Waals surface area contributed by atoms with Crippen molar-refractivity contribution >= 4 is 46.2 Å². The highest BCUT2D eigenvalue weighted by Crippen LogP contribution is 2.42. The molecule has 0 unspecified atom stereocenters. The maximum Gasteiger partial charge on any atom is 0.229 e. The molecule has 3 aromatic rings. The summed E-state index contributed by atoms with van der Waals surface area (Å²) in [4.78, 5) is 26.1. The van der Waals surface area contributed by atoms with Crippen LogP contribution in [-0.2, 0) is 0 Å². The van der Waals surface area contributed by atoms with Crippen LogP contribution in [0.4, 0.5) is 33.2 Å². The van der Waals surface area contributed by atoms with Gasteiger partial charge in [0.15, 0.2) is 11.6 Å². The van der Waals surface area contributed by atoms with Crippen LogP contribution in [0, 0.1) is 17.2 Å². The van der Waals surface area contributed by atoms with E-state index in [0.717, 1.165) is 39.0 Å². The maximum atomic E-state index is 15.3. The number of aromatic nitrogens is 2. The summed E-state index contributed by atoms with van der Waals surface area (Å²) in [5.74, 6) is 0.655. The largest absolute Gasteiger partial charge is 0.369 e. The molecule has 0 saturated carbocycles. The lowest BCUT2D eigenvalue weighted by Gasteiger charge is -2.46. The molecule has 7 nitrogen and oxygen atoms in total. The van der Waals surface area contributed by atoms with Crippen molar-refractivity contribution in [2.45, 2.75) is 46.0 Å². The Morgan fingerprint density at radius 3 is 2.45 bits per heavy atom. The second-order valence-corrected chi connectivity index (χ2v) is 12.1. The number of carbonyl (C=O) groups is 1. The second-order valence-electron chi connectivity index (χ2n) is 11.7. The van der Waals surface area contributed by atoms with Crippen LogP contribution in [-0.4, -0.2) is 53.9 Å². The number of nitrogens with one attached hydrogen (secondary N) is 2. The van der Waals surface area contributed by atoms with Gasteiger partial charge in [-0.25, -0.2) is 9.37 Å². The highest BCUT2D eigenvalue weighted by Gasteiger charge is 2.37. The van der Waals surface area contributed by atoms with E-state index in [1.807, 2.05) is 44.2 Å². The summed E-state index contributed by atoms with van der Waals surface area (Å²) in [6.45, 7) is 8.10. The Hall–Kier alpha value is -3.23. The smallest absolute Gasteiger partial charge is 0.229 e. The van der Waals surface area contributed by atoms with Gasteiger partial charge in [-0.1, -0.05) is 37.6 Å². The molecule has 40 heavy (non-hydrogen) atoms. The lowest BCUT2D eigenvalue weighted by molar-refractivity contribution is 0.0943. The summed E-state index contributed by atoms with van der Waals surface area (Å²) < 4.78 is 15.3. The number of piperidine rings is 2. The number of rotatable bonds is 8. The van der Waals surface area contributed by atoms with Gasteiger partial charge in [0.1, 0.15) is 10.8 Å². The molecule has 2 aromatic carbocycles. The average molecular weight is 565 g/mol. The van der Waals surface area contributed by atoms with Crippen molar-refractivity contribution in [1.29, 1.82) is 0 Å². The molecule has 212 valence electrons. The molecular formula is C31H38ClFN6O. The van der Waals surface area contributed by atoms with Crippen LogP contribution in [0.15, 0.2) is 48.7 Å². The first-order valence-corrected chi connectivity index (χ1v) is 14.5. The standard InChI is InChI=1S/C31H38ClFN6O/c1-21(2)18-28(40)23-6-4-5-7-26(23)36-29-24(32)20-34-30(37-29)35-22-8-9-27(25(33)19-22)39-16-12-31(13-17-39)10-14-38(3)15-11-31/h4-9,19-21H,10-18H2,1-3H3,(H2,34,35,36,37). The van der Waals surface area contributed by atoms with Crippen LogP contribution in [0.1, 0.15) is 56.3 Å². The third-order valence-electron chi connectivity index (χ3n) is 8.23. The van der Waals surface area contributed by atoms with Crippen molar-refractivity contribution in [3.63, 3.8) is 0 Å². The van der Waals surface area contributed by atoms with Gasteiger partial charge in [-0.3, -0.25) is 4.79 Å². The summed E-state index contributed by atoms with van der Waals surface area (Å²) in [5.41, 5.74) is 2.80. The number of Topliss-reactive ketones (excluding diaryl/α,β-unsaturated/α-hetero) is 1. The fourth-order valence-electron chi connectivity index (χ4n) is 5.74. The van der Waals surface area contributed by atoms with Crippen LogP contribution in [0.25, 0.3) is 0 Å². The molecule has 5 rings (SSSR count). The molecule has 2 N–H and O–H groups in total. The summed E-state index contributed by atoms with van der Waals surface area (Å²) in [6.07, 6.45) is 6.62. The molecule has 0 amide bonds. The molecule has 2 aliphatic rings. The minimum atomic E-state index is -0.269. The summed E-state index contributed by atoms with van der Waals surface area (Å²) in [6, 6.07) is 12.5. The molecule has 9 heteroatoms. The fraction of sp³-hybridized carbons (Fsp3) is 0.452. The van der Waals surface area contributed by atoms with Gasteiger partial charge in [-0.2, -0.15) is 4.98 Å². The molecule has 0 radical (unpaired) electrons. The lowest BCUT2D eigenvalue weighted by atomic mass is 9.71. The van der Waals surface area contributed by atoms with Crippen molar-refractivity contribution in [3.05, 3.63) is 65.1 Å². The number of anilines is 5. The van der Waals surface area contributed by atoms with Crippen molar-refractivity contribution in [2.24, 2.45) is 11.3 Å². The van der Waals surface area contributed by atoms with Gasteiger partial charge in [0, 0.05) is 30.8 Å². The van der Waals surface area contributed by atoms with E-state index in [9.17, 15) is 4.79 Å². The minimum absolute atomic E-state index is 0.0485. The molecule has 1 aromatic heterocycles. The molecule has 0 atom stereocenters. The first-order chi connectivity index (χ1) is 19.2. The Bertz CT molecular complexity index is 1350. The Morgan fingerprint density at radius 1 is 1.05 bits per heavy atom. The number of carbonyl (C=O) groups excluding carboxylic acids is 1. The number of hydrogen-bond donors (Lipinski definition) is 2. The number of likely N-dealkylation sites (tertiary alicyclic amines) is 1. The molecule has 0 bridgehead atoms. The summed E-state index contributed by atoms with van der Waals surface area (Å²) in [7, 11) is 2.19. The molecule has 2 aliphatic heterocycles. The van der Waals surface area contributed by atoms with Gasteiger partial charge < -0.3 is 20.4 Å². The van der Waals surface area contributed by atoms with Gasteiger partial charge in [-0.15, -0.1) is 0 Å². The molecular weight excluding hydrogens is 527 g/mol. The van der Waals surface area contributed by atoms with E-state index >= 15 is 4.39 Å². The molecule has 2 saturated heterocycles. The van der Waals surface area contributed by atoms with Crippen LogP contribution in [0.2, 0.25) is 5.02 Å². The van der Waals surface area contributed by atoms with Crippen molar-refractivity contribution in [3.8, 4) is 0 Å². The summed E-state index contributed by atoms with van der Waals surface area (Å²) in [5, 5.41) is 6.59. The second kappa shape index (κ2) is 12.1. The highest BCUT2D eigenvalue weighted by atomic mass is 35.5. The lowest BCUT2D eigenvalue weighted by Crippen LogP contribution is -2.46. The van der Waals surface area contributed by atoms with E-state index in [1.54, 1.807) is 6.07 Å². The minimum Gasteiger partial charge on any atom is -0.369 e. The predicted molar refractivity (Wildman–Crippen MR) is 161 cm³/mol. The maximum absolute atomic E-state index is 15.3. The number of benzene rings is 2. The third-order valence-corrected chi connectivity index (χ3v) is 8.51. The van der Waals surface area contributed by atoms with E-state index in [0.29, 0.717) is 45.3 Å². The third kappa shape index (κ3) is 6.56. The topological polar surface area (TPSA) is 73.4 Å². The van der Waals surface area contributed by atoms with Crippen molar-refractivity contribution in [1.82, 2.24) is 14.9 Å². The first-order valence-electron chi connectivity index (χ1n) is 14.1. The van der Waals surface area contributed by atoms with E-state index < -0.39 is 0 Å². The van der Waals surface area contributed by atoms with Crippen LogP contribution in [0.3, 0.4) is 0 Å². The van der Waals surface area contributed by atoms with Crippen molar-refractivity contribution in [2.75, 3.05) is 48.8 Å². The zero-order chi connectivity index (χ0) is 28.3. The van der Waals surface area contributed by atoms with Crippen LogP contribution < -0.4 is 15.5 Å². The zero-order valence-corrected chi connectivity index (χ0v) is 24.3. The van der Waals surface area contributed by atoms with Crippen molar-refractivity contribution < 1.29 is 9.18 Å². The van der Waals surface area contributed by atoms with Gasteiger partial charge in [0.25, 0.3) is 0 Å². The van der Waals surface area contributed by atoms with Gasteiger partial charge in [-0.05, 0) is 87.5 Å². The number of hydrogen-bond acceptors (Lipinski definition) is 7. The fourth-order valence-corrected chi connectivity index (χ4v) is 5.88. The van der Waals surface area contributed by atoms with E-state index in [4.69, 9.17) is 11.6 Å². The van der Waals surface area contributed by atoms with E-state index in [-0.39, 0.29) is 23.5 Å². The van der Waals surface area contributed by atoms with Crippen LogP contribution >= 0.6 is 11.6 Å². The number of para-hydroxylation sites is 1. The molecule has 2 fully saturated rings. The van der Waals surface area contributed by atoms with Gasteiger partial charge in [0.05, 0.1) is 17.6 Å². The monoisotopic (exact) mass is 564 g/mol. The predicted octanol–water partition coefficient (Wildman–Crippen LogP) is 7.30. The summed E-state index contributed by atoms with van der Waals surface area (Å²) >= 11 is 6.39. The Balaban J connectivity index is 1.26. The molecule has 1 spiro atoms. The molecule has 3 heterocycles.